The van der Waals surface area contributed by atoms with E-state index in [0.29, 0.717) is 17.1 Å². The number of hydrogen-bond donors (Lipinski definition) is 1. The molecule has 8 heteroatoms. The second-order valence-corrected chi connectivity index (χ2v) is 7.64. The normalized spacial score (nSPS) is 15.5. The molecule has 0 unspecified atom stereocenters. The van der Waals surface area contributed by atoms with E-state index in [1.165, 1.54) is 12.3 Å². The Morgan fingerprint density at radius 1 is 1.28 bits per heavy atom. The van der Waals surface area contributed by atoms with Crippen molar-refractivity contribution < 1.29 is 9.18 Å². The van der Waals surface area contributed by atoms with Crippen molar-refractivity contribution in [3.63, 3.8) is 0 Å². The third-order valence-electron chi connectivity index (χ3n) is 5.53. The number of pyridine rings is 2. The van der Waals surface area contributed by atoms with Crippen LogP contribution >= 0.6 is 0 Å². The number of urea groups is 1. The van der Waals surface area contributed by atoms with Crippen LogP contribution in [0.25, 0.3) is 11.3 Å². The maximum absolute atomic E-state index is 13.6. The number of benzene rings is 1. The van der Waals surface area contributed by atoms with Crippen LogP contribution in [0.2, 0.25) is 0 Å². The van der Waals surface area contributed by atoms with Crippen LogP contribution in [0.3, 0.4) is 0 Å². The van der Waals surface area contributed by atoms with E-state index < -0.39 is 11.8 Å². The van der Waals surface area contributed by atoms with Crippen molar-refractivity contribution in [2.75, 3.05) is 28.2 Å². The fourth-order valence-corrected chi connectivity index (χ4v) is 3.86. The number of rotatable bonds is 3. The number of nitriles is 1. The first-order chi connectivity index (χ1) is 15.5. The molecule has 0 aliphatic carbocycles. The van der Waals surface area contributed by atoms with Gasteiger partial charge in [-0.25, -0.2) is 14.2 Å². The molecule has 1 N–H and O–H groups in total. The lowest BCUT2D eigenvalue weighted by Crippen LogP contribution is -2.42. The van der Waals surface area contributed by atoms with Crippen molar-refractivity contribution in [2.24, 2.45) is 0 Å². The van der Waals surface area contributed by atoms with Gasteiger partial charge in [-0.15, -0.1) is 0 Å². The summed E-state index contributed by atoms with van der Waals surface area (Å²) in [5, 5.41) is 12.0. The Kier molecular flexibility index (Phi) is 5.99. The first kappa shape index (κ1) is 21.2. The molecule has 0 saturated heterocycles. The minimum atomic E-state index is -0.526. The molecule has 162 valence electrons. The molecule has 7 nitrogen and oxygen atoms in total. The van der Waals surface area contributed by atoms with Crippen LogP contribution in [-0.4, -0.2) is 35.1 Å². The highest BCUT2D eigenvalue weighted by molar-refractivity contribution is 6.03. The first-order valence-corrected chi connectivity index (χ1v) is 10.5. The molecule has 1 atom stereocenters. The molecule has 0 radical (unpaired) electrons. The van der Waals surface area contributed by atoms with Crippen molar-refractivity contribution >= 4 is 23.2 Å². The summed E-state index contributed by atoms with van der Waals surface area (Å²) in [5.74, 6) is 0.000585. The Labute approximate surface area is 186 Å². The Morgan fingerprint density at radius 3 is 2.88 bits per heavy atom. The molecule has 3 heterocycles. The molecule has 1 aliphatic rings. The van der Waals surface area contributed by atoms with Crippen molar-refractivity contribution in [2.45, 2.75) is 26.3 Å². The Morgan fingerprint density at radius 2 is 2.12 bits per heavy atom. The van der Waals surface area contributed by atoms with Crippen LogP contribution in [0.4, 0.5) is 26.4 Å². The molecular formula is C24H23FN6O. The Hall–Kier alpha value is -3.99. The maximum Gasteiger partial charge on any atom is 0.327 e. The van der Waals surface area contributed by atoms with Gasteiger partial charge >= 0.3 is 6.03 Å². The van der Waals surface area contributed by atoms with Gasteiger partial charge in [-0.05, 0) is 44.5 Å². The lowest BCUT2D eigenvalue weighted by atomic mass is 10.1. The highest BCUT2D eigenvalue weighted by Crippen LogP contribution is 2.35. The summed E-state index contributed by atoms with van der Waals surface area (Å²) >= 11 is 0. The molecule has 2 amide bonds. The van der Waals surface area contributed by atoms with E-state index in [0.717, 1.165) is 37.0 Å². The van der Waals surface area contributed by atoms with Gasteiger partial charge in [0.2, 0.25) is 0 Å². The number of carbonyl (C=O) groups excluding carboxylic acids is 1. The second kappa shape index (κ2) is 9.02. The van der Waals surface area contributed by atoms with E-state index in [1.807, 2.05) is 31.2 Å². The average molecular weight is 430 g/mol. The maximum atomic E-state index is 13.6. The summed E-state index contributed by atoms with van der Waals surface area (Å²) < 4.78 is 13.6. The van der Waals surface area contributed by atoms with Crippen LogP contribution in [0.1, 0.15) is 25.8 Å². The molecular weight excluding hydrogens is 407 g/mol. The standard InChI is InChI=1S/C24H23FN6O/c1-3-30-10-9-16(2)31(24(32)28-20-12-19(25)14-27-15-20)23-22(30)8-7-21(29-23)18-6-4-5-17(11-18)13-26/h4-8,11-12,14-16H,3,9-10H2,1-2H3,(H,28,32)/t16-/m1/s1. The summed E-state index contributed by atoms with van der Waals surface area (Å²) in [6, 6.07) is 13.9. The number of nitrogens with one attached hydrogen (secondary N) is 1. The highest BCUT2D eigenvalue weighted by atomic mass is 19.1. The number of hydrogen-bond acceptors (Lipinski definition) is 5. The van der Waals surface area contributed by atoms with E-state index in [4.69, 9.17) is 4.98 Å². The third kappa shape index (κ3) is 4.23. The summed E-state index contributed by atoms with van der Waals surface area (Å²) in [4.78, 5) is 25.8. The van der Waals surface area contributed by atoms with Crippen LogP contribution in [0.15, 0.2) is 54.9 Å². The summed E-state index contributed by atoms with van der Waals surface area (Å²) in [5.41, 5.74) is 3.12. The van der Waals surface area contributed by atoms with Gasteiger partial charge in [-0.3, -0.25) is 9.88 Å². The zero-order chi connectivity index (χ0) is 22.7. The minimum Gasteiger partial charge on any atom is -0.369 e. The predicted octanol–water partition coefficient (Wildman–Crippen LogP) is 4.81. The van der Waals surface area contributed by atoms with E-state index in [9.17, 15) is 14.4 Å². The summed E-state index contributed by atoms with van der Waals surface area (Å²) in [7, 11) is 0. The summed E-state index contributed by atoms with van der Waals surface area (Å²) in [6.07, 6.45) is 3.24. The molecule has 0 saturated carbocycles. The van der Waals surface area contributed by atoms with Gasteiger partial charge in [0.1, 0.15) is 5.82 Å². The number of nitrogens with zero attached hydrogens (tertiary/aromatic N) is 5. The molecule has 0 bridgehead atoms. The fourth-order valence-electron chi connectivity index (χ4n) is 3.86. The molecule has 0 fully saturated rings. The summed E-state index contributed by atoms with van der Waals surface area (Å²) in [6.45, 7) is 5.58. The zero-order valence-electron chi connectivity index (χ0n) is 17.9. The number of halogens is 1. The molecule has 1 aromatic carbocycles. The van der Waals surface area contributed by atoms with Crippen molar-refractivity contribution in [1.29, 1.82) is 5.26 Å². The minimum absolute atomic E-state index is 0.139. The van der Waals surface area contributed by atoms with E-state index in [2.05, 4.69) is 28.2 Å². The number of carbonyl (C=O) groups is 1. The van der Waals surface area contributed by atoms with Gasteiger partial charge in [0.15, 0.2) is 5.82 Å². The molecule has 4 rings (SSSR count). The van der Waals surface area contributed by atoms with E-state index in [1.54, 1.807) is 17.0 Å². The van der Waals surface area contributed by atoms with E-state index >= 15 is 0 Å². The van der Waals surface area contributed by atoms with Crippen LogP contribution in [0, 0.1) is 17.1 Å². The van der Waals surface area contributed by atoms with Gasteiger partial charge in [0.05, 0.1) is 41.1 Å². The van der Waals surface area contributed by atoms with Crippen LogP contribution in [-0.2, 0) is 0 Å². The predicted molar refractivity (Wildman–Crippen MR) is 122 cm³/mol. The quantitative estimate of drug-likeness (QED) is 0.644. The third-order valence-corrected chi connectivity index (χ3v) is 5.53. The molecule has 1 aliphatic heterocycles. The van der Waals surface area contributed by atoms with Crippen molar-refractivity contribution in [3.8, 4) is 17.3 Å². The average Bonchev–Trinajstić information content (AvgIpc) is 2.94. The van der Waals surface area contributed by atoms with E-state index in [-0.39, 0.29) is 11.7 Å². The van der Waals surface area contributed by atoms with Crippen molar-refractivity contribution in [3.05, 3.63) is 66.2 Å². The topological polar surface area (TPSA) is 85.2 Å². The molecule has 2 aromatic heterocycles. The van der Waals surface area contributed by atoms with Gasteiger partial charge < -0.3 is 10.2 Å². The number of aromatic nitrogens is 2. The smallest absolute Gasteiger partial charge is 0.327 e. The Balaban J connectivity index is 1.78. The lowest BCUT2D eigenvalue weighted by Gasteiger charge is -2.28. The number of anilines is 3. The van der Waals surface area contributed by atoms with Gasteiger partial charge in [0, 0.05) is 30.8 Å². The van der Waals surface area contributed by atoms with Gasteiger partial charge in [0.25, 0.3) is 0 Å². The Bertz CT molecular complexity index is 1190. The van der Waals surface area contributed by atoms with Crippen LogP contribution in [0.5, 0.6) is 0 Å². The fraction of sp³-hybridized carbons (Fsp3) is 0.250. The van der Waals surface area contributed by atoms with Gasteiger partial charge in [-0.1, -0.05) is 12.1 Å². The molecule has 3 aromatic rings. The monoisotopic (exact) mass is 430 g/mol. The zero-order valence-corrected chi connectivity index (χ0v) is 17.9. The molecule has 0 spiro atoms. The molecule has 32 heavy (non-hydrogen) atoms. The number of fused-ring (bicyclic) bond motifs is 1. The highest BCUT2D eigenvalue weighted by Gasteiger charge is 2.31. The first-order valence-electron chi connectivity index (χ1n) is 10.5. The van der Waals surface area contributed by atoms with Crippen molar-refractivity contribution in [1.82, 2.24) is 9.97 Å². The number of amides is 2. The SMILES string of the molecule is CCN1CC[C@@H](C)N(C(=O)Nc2cncc(F)c2)c2nc(-c3cccc(C#N)c3)ccc21. The van der Waals surface area contributed by atoms with Gasteiger partial charge in [-0.2, -0.15) is 5.26 Å². The second-order valence-electron chi connectivity index (χ2n) is 7.64. The van der Waals surface area contributed by atoms with Crippen LogP contribution < -0.4 is 15.1 Å². The lowest BCUT2D eigenvalue weighted by molar-refractivity contribution is 0.255. The largest absolute Gasteiger partial charge is 0.369 e.